The topological polar surface area (TPSA) is 82.9 Å². The highest BCUT2D eigenvalue weighted by molar-refractivity contribution is 5.92. The largest absolute Gasteiger partial charge is 0.466 e. The zero-order valence-corrected chi connectivity index (χ0v) is 16.9. The number of esters is 1. The van der Waals surface area contributed by atoms with Crippen LogP contribution in [0.4, 0.5) is 0 Å². The fraction of sp³-hybridized carbons (Fsp3) is 0.476. The maximum Gasteiger partial charge on any atom is 0.309 e. The SMILES string of the molecule is CCOC(=O)[C@H]1C[C@@H]1CN(Cc1ccc2c(c1)OCO2)C(=O)c1cc(C)n(C)n1. The van der Waals surface area contributed by atoms with E-state index in [0.717, 1.165) is 17.7 Å². The van der Waals surface area contributed by atoms with Gasteiger partial charge in [0.05, 0.1) is 12.5 Å². The van der Waals surface area contributed by atoms with E-state index in [4.69, 9.17) is 14.2 Å². The molecule has 154 valence electrons. The molecule has 1 aliphatic carbocycles. The smallest absolute Gasteiger partial charge is 0.309 e. The van der Waals surface area contributed by atoms with Crippen LogP contribution in [0.15, 0.2) is 24.3 Å². The van der Waals surface area contributed by atoms with Crippen molar-refractivity contribution in [3.8, 4) is 11.5 Å². The molecule has 2 aliphatic rings. The first-order chi connectivity index (χ1) is 14.0. The molecule has 8 heteroatoms. The molecule has 1 fully saturated rings. The summed E-state index contributed by atoms with van der Waals surface area (Å²) in [6.07, 6.45) is 0.741. The third kappa shape index (κ3) is 4.06. The first-order valence-corrected chi connectivity index (χ1v) is 9.81. The first kappa shape index (κ1) is 19.3. The van der Waals surface area contributed by atoms with Crippen molar-refractivity contribution in [1.29, 1.82) is 0 Å². The number of nitrogens with zero attached hydrogens (tertiary/aromatic N) is 3. The summed E-state index contributed by atoms with van der Waals surface area (Å²) in [5.74, 6) is 1.03. The van der Waals surface area contributed by atoms with Gasteiger partial charge in [0.25, 0.3) is 5.91 Å². The van der Waals surface area contributed by atoms with Crippen molar-refractivity contribution in [2.45, 2.75) is 26.8 Å². The molecule has 29 heavy (non-hydrogen) atoms. The van der Waals surface area contributed by atoms with Gasteiger partial charge in [-0.2, -0.15) is 5.10 Å². The molecule has 2 heterocycles. The van der Waals surface area contributed by atoms with Gasteiger partial charge in [-0.25, -0.2) is 0 Å². The van der Waals surface area contributed by atoms with Crippen LogP contribution in [0.3, 0.4) is 0 Å². The summed E-state index contributed by atoms with van der Waals surface area (Å²) in [6, 6.07) is 7.45. The van der Waals surface area contributed by atoms with Gasteiger partial charge in [-0.15, -0.1) is 0 Å². The van der Waals surface area contributed by atoms with Crippen molar-refractivity contribution < 1.29 is 23.8 Å². The average Bonchev–Trinajstić information content (AvgIpc) is 3.16. The normalized spacial score (nSPS) is 19.1. The average molecular weight is 399 g/mol. The van der Waals surface area contributed by atoms with Gasteiger partial charge < -0.3 is 19.1 Å². The molecule has 0 unspecified atom stereocenters. The van der Waals surface area contributed by atoms with Gasteiger partial charge >= 0.3 is 5.97 Å². The number of benzene rings is 1. The Balaban J connectivity index is 1.52. The van der Waals surface area contributed by atoms with Crippen molar-refractivity contribution in [3.05, 3.63) is 41.2 Å². The number of carbonyl (C=O) groups is 2. The van der Waals surface area contributed by atoms with Crippen LogP contribution >= 0.6 is 0 Å². The zero-order chi connectivity index (χ0) is 20.5. The summed E-state index contributed by atoms with van der Waals surface area (Å²) < 4.78 is 17.6. The molecule has 4 rings (SSSR count). The molecule has 0 saturated heterocycles. The molecular formula is C21H25N3O5. The van der Waals surface area contributed by atoms with E-state index in [1.165, 1.54) is 0 Å². The maximum atomic E-state index is 13.2. The number of hydrogen-bond acceptors (Lipinski definition) is 6. The molecule has 8 nitrogen and oxygen atoms in total. The van der Waals surface area contributed by atoms with E-state index in [0.29, 0.717) is 36.9 Å². The molecule has 0 bridgehead atoms. The summed E-state index contributed by atoms with van der Waals surface area (Å²) in [7, 11) is 1.81. The number of fused-ring (bicyclic) bond motifs is 1. The highest BCUT2D eigenvalue weighted by Crippen LogP contribution is 2.41. The Morgan fingerprint density at radius 1 is 1.28 bits per heavy atom. The van der Waals surface area contributed by atoms with Crippen LogP contribution in [-0.2, 0) is 23.1 Å². The van der Waals surface area contributed by atoms with Gasteiger partial charge in [-0.1, -0.05) is 6.07 Å². The van der Waals surface area contributed by atoms with Crippen molar-refractivity contribution >= 4 is 11.9 Å². The molecule has 0 spiro atoms. The molecule has 1 aliphatic heterocycles. The van der Waals surface area contributed by atoms with Crippen LogP contribution in [0, 0.1) is 18.8 Å². The summed E-state index contributed by atoms with van der Waals surface area (Å²) >= 11 is 0. The first-order valence-electron chi connectivity index (χ1n) is 9.81. The van der Waals surface area contributed by atoms with Crippen molar-refractivity contribution in [2.24, 2.45) is 18.9 Å². The van der Waals surface area contributed by atoms with Crippen LogP contribution in [0.5, 0.6) is 11.5 Å². The Labute approximate surface area is 169 Å². The minimum atomic E-state index is -0.179. The standard InChI is InChI=1S/C21H25N3O5/c1-4-27-21(26)16-9-15(16)11-24(20(25)17-7-13(2)23(3)22-17)10-14-5-6-18-19(8-14)29-12-28-18/h5-8,15-16H,4,9-12H2,1-3H3/t15-,16+/m1/s1. The third-order valence-electron chi connectivity index (χ3n) is 5.40. The molecule has 2 aromatic rings. The summed E-state index contributed by atoms with van der Waals surface area (Å²) in [5.41, 5.74) is 2.25. The summed E-state index contributed by atoms with van der Waals surface area (Å²) in [5, 5.41) is 4.33. The van der Waals surface area contributed by atoms with E-state index in [-0.39, 0.29) is 30.5 Å². The van der Waals surface area contributed by atoms with Gasteiger partial charge in [0.15, 0.2) is 17.2 Å². The second-order valence-corrected chi connectivity index (χ2v) is 7.52. The molecule has 0 radical (unpaired) electrons. The number of hydrogen-bond donors (Lipinski definition) is 0. The Morgan fingerprint density at radius 2 is 2.07 bits per heavy atom. The minimum Gasteiger partial charge on any atom is -0.466 e. The van der Waals surface area contributed by atoms with Gasteiger partial charge in [0.1, 0.15) is 0 Å². The zero-order valence-electron chi connectivity index (χ0n) is 16.9. The predicted octanol–water partition coefficient (Wildman–Crippen LogP) is 2.30. The fourth-order valence-corrected chi connectivity index (χ4v) is 3.58. The number of carbonyl (C=O) groups excluding carboxylic acids is 2. The monoisotopic (exact) mass is 399 g/mol. The van der Waals surface area contributed by atoms with Crippen LogP contribution in [0.2, 0.25) is 0 Å². The quantitative estimate of drug-likeness (QED) is 0.665. The van der Waals surface area contributed by atoms with Crippen molar-refractivity contribution in [3.63, 3.8) is 0 Å². The van der Waals surface area contributed by atoms with Gasteiger partial charge in [-0.3, -0.25) is 14.3 Å². The van der Waals surface area contributed by atoms with Crippen LogP contribution in [-0.4, -0.2) is 46.5 Å². The minimum absolute atomic E-state index is 0.108. The molecular weight excluding hydrogens is 374 g/mol. The predicted molar refractivity (Wildman–Crippen MR) is 103 cm³/mol. The molecule has 0 N–H and O–H groups in total. The molecule has 2 atom stereocenters. The van der Waals surface area contributed by atoms with E-state index < -0.39 is 0 Å². The van der Waals surface area contributed by atoms with Crippen LogP contribution < -0.4 is 9.47 Å². The molecule has 1 amide bonds. The van der Waals surface area contributed by atoms with Crippen LogP contribution in [0.1, 0.15) is 35.1 Å². The van der Waals surface area contributed by atoms with Gasteiger partial charge in [0, 0.05) is 25.8 Å². The fourth-order valence-electron chi connectivity index (χ4n) is 3.58. The maximum absolute atomic E-state index is 13.2. The molecule has 1 aromatic heterocycles. The van der Waals surface area contributed by atoms with E-state index >= 15 is 0 Å². The van der Waals surface area contributed by atoms with E-state index in [1.54, 1.807) is 22.6 Å². The number of ether oxygens (including phenoxy) is 3. The lowest BCUT2D eigenvalue weighted by Gasteiger charge is -2.22. The number of amides is 1. The second-order valence-electron chi connectivity index (χ2n) is 7.52. The lowest BCUT2D eigenvalue weighted by atomic mass is 10.1. The lowest BCUT2D eigenvalue weighted by Crippen LogP contribution is -2.33. The van der Waals surface area contributed by atoms with Gasteiger partial charge in [-0.05, 0) is 49.9 Å². The number of aryl methyl sites for hydroxylation is 2. The Kier molecular flexibility index (Phi) is 5.17. The lowest BCUT2D eigenvalue weighted by molar-refractivity contribution is -0.145. The highest BCUT2D eigenvalue weighted by Gasteiger charge is 2.45. The highest BCUT2D eigenvalue weighted by atomic mass is 16.7. The number of aromatic nitrogens is 2. The van der Waals surface area contributed by atoms with E-state index in [2.05, 4.69) is 5.10 Å². The third-order valence-corrected chi connectivity index (χ3v) is 5.40. The Hall–Kier alpha value is -3.03. The Morgan fingerprint density at radius 3 is 2.79 bits per heavy atom. The van der Waals surface area contributed by atoms with E-state index in [9.17, 15) is 9.59 Å². The second kappa shape index (κ2) is 7.77. The summed E-state index contributed by atoms with van der Waals surface area (Å²) in [6.45, 7) is 5.16. The van der Waals surface area contributed by atoms with Crippen molar-refractivity contribution in [2.75, 3.05) is 19.9 Å². The molecule has 1 aromatic carbocycles. The molecule has 1 saturated carbocycles. The van der Waals surface area contributed by atoms with Gasteiger partial charge in [0.2, 0.25) is 6.79 Å². The van der Waals surface area contributed by atoms with E-state index in [1.807, 2.05) is 32.2 Å². The summed E-state index contributed by atoms with van der Waals surface area (Å²) in [4.78, 5) is 26.9. The number of rotatable bonds is 7. The van der Waals surface area contributed by atoms with Crippen molar-refractivity contribution in [1.82, 2.24) is 14.7 Å². The Bertz CT molecular complexity index is 919. The van der Waals surface area contributed by atoms with Crippen LogP contribution in [0.25, 0.3) is 0 Å².